The zero-order valence-electron chi connectivity index (χ0n) is 14.5. The Hall–Kier alpha value is -0.650. The van der Waals surface area contributed by atoms with Gasteiger partial charge in [-0.3, -0.25) is 4.79 Å². The highest BCUT2D eigenvalue weighted by molar-refractivity contribution is 5.83. The second kappa shape index (κ2) is 8.27. The Balaban J connectivity index is 1.93. The second-order valence-electron chi connectivity index (χ2n) is 7.46. The number of rotatable bonds is 6. The number of ether oxygens (including phenoxy) is 1. The molecule has 0 atom stereocenters. The van der Waals surface area contributed by atoms with Gasteiger partial charge in [-0.05, 0) is 51.7 Å². The molecule has 1 amide bonds. The fourth-order valence-corrected chi connectivity index (χ4v) is 3.26. The largest absolute Gasteiger partial charge is 0.381 e. The summed E-state index contributed by atoms with van der Waals surface area (Å²) in [6.45, 7) is 9.54. The number of piperidine rings is 1. The van der Waals surface area contributed by atoms with E-state index in [4.69, 9.17) is 4.74 Å². The zero-order valence-corrected chi connectivity index (χ0v) is 14.5. The molecule has 0 aromatic heterocycles. The Bertz CT molecular complexity index is 346. The third kappa shape index (κ3) is 4.93. The van der Waals surface area contributed by atoms with Crippen molar-refractivity contribution < 1.29 is 9.53 Å². The molecule has 2 heterocycles. The maximum atomic E-state index is 12.8. The van der Waals surface area contributed by atoms with E-state index in [-0.39, 0.29) is 11.3 Å². The van der Waals surface area contributed by atoms with Crippen molar-refractivity contribution in [2.24, 2.45) is 11.3 Å². The average molecular weight is 311 g/mol. The van der Waals surface area contributed by atoms with Crippen LogP contribution in [0.1, 0.15) is 39.5 Å². The van der Waals surface area contributed by atoms with E-state index in [1.165, 1.54) is 0 Å². The lowest BCUT2D eigenvalue weighted by Crippen LogP contribution is -2.54. The maximum absolute atomic E-state index is 12.8. The van der Waals surface area contributed by atoms with Gasteiger partial charge in [-0.25, -0.2) is 0 Å². The predicted molar refractivity (Wildman–Crippen MR) is 88.9 cm³/mol. The van der Waals surface area contributed by atoms with Gasteiger partial charge in [0.05, 0.1) is 5.41 Å². The number of amides is 1. The monoisotopic (exact) mass is 311 g/mol. The Labute approximate surface area is 135 Å². The molecule has 2 fully saturated rings. The molecule has 0 radical (unpaired) electrons. The molecule has 0 aliphatic carbocycles. The summed E-state index contributed by atoms with van der Waals surface area (Å²) in [6, 6.07) is 0.503. The van der Waals surface area contributed by atoms with Crippen LogP contribution in [0, 0.1) is 11.3 Å². The predicted octanol–water partition coefficient (Wildman–Crippen LogP) is 1.24. The molecule has 0 saturated carbocycles. The first-order valence-corrected chi connectivity index (χ1v) is 8.80. The van der Waals surface area contributed by atoms with Crippen LogP contribution in [-0.2, 0) is 9.53 Å². The van der Waals surface area contributed by atoms with Gasteiger partial charge >= 0.3 is 0 Å². The van der Waals surface area contributed by atoms with Gasteiger partial charge in [0, 0.05) is 32.3 Å². The molecule has 2 saturated heterocycles. The highest BCUT2D eigenvalue weighted by Crippen LogP contribution is 2.31. The van der Waals surface area contributed by atoms with E-state index in [9.17, 15) is 4.79 Å². The SMILES string of the molecule is CC(C)CNC(=O)C1(CNC2CCOCC2)CCN(C)CC1. The van der Waals surface area contributed by atoms with E-state index in [1.807, 2.05) is 0 Å². The fourth-order valence-electron chi connectivity index (χ4n) is 3.26. The molecule has 0 spiro atoms. The average Bonchev–Trinajstić information content (AvgIpc) is 2.53. The molecule has 0 aromatic rings. The highest BCUT2D eigenvalue weighted by Gasteiger charge is 2.40. The molecule has 5 nitrogen and oxygen atoms in total. The van der Waals surface area contributed by atoms with Crippen molar-refractivity contribution in [3.8, 4) is 0 Å². The number of hydrogen-bond acceptors (Lipinski definition) is 4. The molecule has 22 heavy (non-hydrogen) atoms. The van der Waals surface area contributed by atoms with E-state index in [1.54, 1.807) is 0 Å². The van der Waals surface area contributed by atoms with Crippen LogP contribution in [0.4, 0.5) is 0 Å². The lowest BCUT2D eigenvalue weighted by molar-refractivity contribution is -0.133. The zero-order chi connectivity index (χ0) is 16.0. The van der Waals surface area contributed by atoms with Gasteiger partial charge < -0.3 is 20.3 Å². The topological polar surface area (TPSA) is 53.6 Å². The second-order valence-corrected chi connectivity index (χ2v) is 7.46. The van der Waals surface area contributed by atoms with Gasteiger partial charge in [0.15, 0.2) is 0 Å². The first-order valence-electron chi connectivity index (χ1n) is 8.80. The summed E-state index contributed by atoms with van der Waals surface area (Å²) in [7, 11) is 2.14. The van der Waals surface area contributed by atoms with Crippen LogP contribution in [-0.4, -0.2) is 63.3 Å². The lowest BCUT2D eigenvalue weighted by atomic mass is 9.77. The Morgan fingerprint density at radius 2 is 1.91 bits per heavy atom. The number of nitrogens with zero attached hydrogens (tertiary/aromatic N) is 1. The first-order chi connectivity index (χ1) is 10.5. The van der Waals surface area contributed by atoms with Crippen LogP contribution < -0.4 is 10.6 Å². The van der Waals surface area contributed by atoms with Crippen molar-refractivity contribution >= 4 is 5.91 Å². The summed E-state index contributed by atoms with van der Waals surface area (Å²) in [6.07, 6.45) is 4.01. The van der Waals surface area contributed by atoms with Crippen molar-refractivity contribution in [2.75, 3.05) is 46.4 Å². The first kappa shape index (κ1) is 17.7. The molecular weight excluding hydrogens is 278 g/mol. The molecule has 128 valence electrons. The third-order valence-corrected chi connectivity index (χ3v) is 5.05. The molecule has 5 heteroatoms. The van der Waals surface area contributed by atoms with E-state index in [0.29, 0.717) is 12.0 Å². The van der Waals surface area contributed by atoms with Crippen LogP contribution in [0.15, 0.2) is 0 Å². The fraction of sp³-hybridized carbons (Fsp3) is 0.941. The minimum Gasteiger partial charge on any atom is -0.381 e. The van der Waals surface area contributed by atoms with E-state index >= 15 is 0 Å². The number of likely N-dealkylation sites (tertiary alicyclic amines) is 1. The van der Waals surface area contributed by atoms with E-state index < -0.39 is 0 Å². The summed E-state index contributed by atoms with van der Waals surface area (Å²) < 4.78 is 5.42. The standard InChI is InChI=1S/C17H33N3O2/c1-14(2)12-18-16(21)17(6-8-20(3)9-7-17)13-19-15-4-10-22-11-5-15/h14-15,19H,4-13H2,1-3H3,(H,18,21). The minimum atomic E-state index is -0.236. The van der Waals surface area contributed by atoms with Crippen LogP contribution >= 0.6 is 0 Å². The molecule has 0 unspecified atom stereocenters. The Kier molecular flexibility index (Phi) is 6.66. The van der Waals surface area contributed by atoms with Crippen LogP contribution in [0.3, 0.4) is 0 Å². The quantitative estimate of drug-likeness (QED) is 0.775. The van der Waals surface area contributed by atoms with E-state index in [0.717, 1.165) is 65.1 Å². The summed E-state index contributed by atoms with van der Waals surface area (Å²) >= 11 is 0. The third-order valence-electron chi connectivity index (χ3n) is 5.05. The molecule has 2 aliphatic heterocycles. The van der Waals surface area contributed by atoms with Crippen LogP contribution in [0.25, 0.3) is 0 Å². The van der Waals surface area contributed by atoms with Gasteiger partial charge in [0.1, 0.15) is 0 Å². The van der Waals surface area contributed by atoms with Gasteiger partial charge in [-0.1, -0.05) is 13.8 Å². The maximum Gasteiger partial charge on any atom is 0.227 e. The van der Waals surface area contributed by atoms with Crippen molar-refractivity contribution in [1.29, 1.82) is 0 Å². The molecule has 2 N–H and O–H groups in total. The number of hydrogen-bond donors (Lipinski definition) is 2. The summed E-state index contributed by atoms with van der Waals surface area (Å²) in [5, 5.41) is 6.83. The van der Waals surface area contributed by atoms with Crippen LogP contribution in [0.5, 0.6) is 0 Å². The number of nitrogens with one attached hydrogen (secondary N) is 2. The molecule has 2 rings (SSSR count). The summed E-state index contributed by atoms with van der Waals surface area (Å²) in [4.78, 5) is 15.1. The molecule has 2 aliphatic rings. The summed E-state index contributed by atoms with van der Waals surface area (Å²) in [5.74, 6) is 0.740. The molecule has 0 aromatic carbocycles. The van der Waals surface area contributed by atoms with Gasteiger partial charge in [-0.15, -0.1) is 0 Å². The van der Waals surface area contributed by atoms with Crippen LogP contribution in [0.2, 0.25) is 0 Å². The smallest absolute Gasteiger partial charge is 0.227 e. The molecule has 0 bridgehead atoms. The summed E-state index contributed by atoms with van der Waals surface area (Å²) in [5.41, 5.74) is -0.236. The van der Waals surface area contributed by atoms with Gasteiger partial charge in [0.2, 0.25) is 5.91 Å². The lowest BCUT2D eigenvalue weighted by Gasteiger charge is -2.41. The Morgan fingerprint density at radius 3 is 2.50 bits per heavy atom. The normalized spacial score (nSPS) is 23.6. The molecular formula is C17H33N3O2. The van der Waals surface area contributed by atoms with Gasteiger partial charge in [-0.2, -0.15) is 0 Å². The van der Waals surface area contributed by atoms with Gasteiger partial charge in [0.25, 0.3) is 0 Å². The van der Waals surface area contributed by atoms with Crippen molar-refractivity contribution in [2.45, 2.75) is 45.6 Å². The van der Waals surface area contributed by atoms with Crippen molar-refractivity contribution in [3.05, 3.63) is 0 Å². The number of carbonyl (C=O) groups is 1. The minimum absolute atomic E-state index is 0.236. The van der Waals surface area contributed by atoms with Crippen molar-refractivity contribution in [3.63, 3.8) is 0 Å². The number of carbonyl (C=O) groups excluding carboxylic acids is 1. The van der Waals surface area contributed by atoms with Crippen molar-refractivity contribution in [1.82, 2.24) is 15.5 Å². The Morgan fingerprint density at radius 1 is 1.27 bits per heavy atom. The highest BCUT2D eigenvalue weighted by atomic mass is 16.5. The van der Waals surface area contributed by atoms with E-state index in [2.05, 4.69) is 36.4 Å².